The van der Waals surface area contributed by atoms with E-state index in [1.54, 1.807) is 7.11 Å². The standard InChI is InChI=1S/C11H14ClNO/c1-14-11-6-7(12)5-9-8(11)3-2-4-10(9)13/h5-6,10H,2-4,13H2,1H3/t10-/m0/s1. The van der Waals surface area contributed by atoms with Crippen molar-refractivity contribution in [3.05, 3.63) is 28.3 Å². The quantitative estimate of drug-likeness (QED) is 0.775. The van der Waals surface area contributed by atoms with Gasteiger partial charge in [-0.15, -0.1) is 0 Å². The summed E-state index contributed by atoms with van der Waals surface area (Å²) in [6.45, 7) is 0. The van der Waals surface area contributed by atoms with Gasteiger partial charge in [0.2, 0.25) is 0 Å². The molecule has 2 rings (SSSR count). The predicted molar refractivity (Wildman–Crippen MR) is 57.9 cm³/mol. The summed E-state index contributed by atoms with van der Waals surface area (Å²) in [6, 6.07) is 3.94. The van der Waals surface area contributed by atoms with Crippen molar-refractivity contribution in [2.45, 2.75) is 25.3 Å². The lowest BCUT2D eigenvalue weighted by Crippen LogP contribution is -2.18. The molecule has 3 heteroatoms. The Morgan fingerprint density at radius 2 is 2.29 bits per heavy atom. The van der Waals surface area contributed by atoms with Gasteiger partial charge in [-0.05, 0) is 42.5 Å². The van der Waals surface area contributed by atoms with E-state index in [0.717, 1.165) is 30.6 Å². The number of methoxy groups -OCH3 is 1. The first-order valence-electron chi connectivity index (χ1n) is 4.84. The number of fused-ring (bicyclic) bond motifs is 1. The van der Waals surface area contributed by atoms with Gasteiger partial charge in [0.15, 0.2) is 0 Å². The van der Waals surface area contributed by atoms with E-state index in [4.69, 9.17) is 22.1 Å². The summed E-state index contributed by atoms with van der Waals surface area (Å²) >= 11 is 5.99. The van der Waals surface area contributed by atoms with Crippen LogP contribution in [0.5, 0.6) is 5.75 Å². The molecule has 1 atom stereocenters. The molecule has 0 aliphatic heterocycles. The normalized spacial score (nSPS) is 20.4. The van der Waals surface area contributed by atoms with Gasteiger partial charge in [-0.2, -0.15) is 0 Å². The van der Waals surface area contributed by atoms with Gasteiger partial charge in [0.1, 0.15) is 5.75 Å². The van der Waals surface area contributed by atoms with Crippen LogP contribution >= 0.6 is 11.6 Å². The molecule has 0 saturated carbocycles. The second kappa shape index (κ2) is 3.79. The fraction of sp³-hybridized carbons (Fsp3) is 0.455. The molecule has 14 heavy (non-hydrogen) atoms. The third-order valence-electron chi connectivity index (χ3n) is 2.77. The molecule has 1 aliphatic carbocycles. The van der Waals surface area contributed by atoms with E-state index in [1.807, 2.05) is 12.1 Å². The van der Waals surface area contributed by atoms with Gasteiger partial charge in [0.05, 0.1) is 7.11 Å². The molecule has 0 saturated heterocycles. The lowest BCUT2D eigenvalue weighted by atomic mass is 9.87. The largest absolute Gasteiger partial charge is 0.496 e. The van der Waals surface area contributed by atoms with Gasteiger partial charge in [0, 0.05) is 11.1 Å². The molecule has 1 aliphatic rings. The van der Waals surface area contributed by atoms with Crippen molar-refractivity contribution in [1.29, 1.82) is 0 Å². The van der Waals surface area contributed by atoms with Crippen LogP contribution in [0, 0.1) is 0 Å². The zero-order valence-corrected chi connectivity index (χ0v) is 8.97. The molecule has 76 valence electrons. The number of benzene rings is 1. The lowest BCUT2D eigenvalue weighted by molar-refractivity contribution is 0.403. The van der Waals surface area contributed by atoms with Crippen LogP contribution in [0.15, 0.2) is 12.1 Å². The van der Waals surface area contributed by atoms with Crippen LogP contribution in [0.2, 0.25) is 5.02 Å². The Balaban J connectivity index is 2.54. The van der Waals surface area contributed by atoms with Crippen molar-refractivity contribution in [2.24, 2.45) is 5.73 Å². The average Bonchev–Trinajstić information content (AvgIpc) is 2.18. The van der Waals surface area contributed by atoms with E-state index in [0.29, 0.717) is 5.02 Å². The van der Waals surface area contributed by atoms with Gasteiger partial charge in [-0.25, -0.2) is 0 Å². The van der Waals surface area contributed by atoms with Crippen LogP contribution in [0.4, 0.5) is 0 Å². The third-order valence-corrected chi connectivity index (χ3v) is 2.99. The number of hydrogen-bond donors (Lipinski definition) is 1. The van der Waals surface area contributed by atoms with E-state index in [9.17, 15) is 0 Å². The van der Waals surface area contributed by atoms with Crippen molar-refractivity contribution >= 4 is 11.6 Å². The summed E-state index contributed by atoms with van der Waals surface area (Å²) in [6.07, 6.45) is 3.21. The first-order valence-corrected chi connectivity index (χ1v) is 5.22. The smallest absolute Gasteiger partial charge is 0.123 e. The fourth-order valence-electron chi connectivity index (χ4n) is 2.07. The van der Waals surface area contributed by atoms with Gasteiger partial charge >= 0.3 is 0 Å². The monoisotopic (exact) mass is 211 g/mol. The molecular formula is C11H14ClNO. The second-order valence-corrected chi connectivity index (χ2v) is 4.11. The number of ether oxygens (including phenoxy) is 1. The Kier molecular flexibility index (Phi) is 2.66. The van der Waals surface area contributed by atoms with Crippen LogP contribution in [0.1, 0.15) is 30.0 Å². The van der Waals surface area contributed by atoms with Crippen molar-refractivity contribution in [1.82, 2.24) is 0 Å². The molecule has 0 heterocycles. The maximum atomic E-state index is 6.02. The van der Waals surface area contributed by atoms with Gasteiger partial charge in [-0.1, -0.05) is 11.6 Å². The zero-order chi connectivity index (χ0) is 10.1. The molecular weight excluding hydrogens is 198 g/mol. The summed E-state index contributed by atoms with van der Waals surface area (Å²) in [4.78, 5) is 0. The maximum absolute atomic E-state index is 6.02. The van der Waals surface area contributed by atoms with E-state index < -0.39 is 0 Å². The van der Waals surface area contributed by atoms with Crippen LogP contribution < -0.4 is 10.5 Å². The molecule has 2 N–H and O–H groups in total. The highest BCUT2D eigenvalue weighted by Gasteiger charge is 2.20. The van der Waals surface area contributed by atoms with E-state index in [1.165, 1.54) is 5.56 Å². The molecule has 1 aromatic carbocycles. The van der Waals surface area contributed by atoms with E-state index in [-0.39, 0.29) is 6.04 Å². The van der Waals surface area contributed by atoms with Crippen molar-refractivity contribution in [2.75, 3.05) is 7.11 Å². The number of halogens is 1. The Bertz CT molecular complexity index is 351. The SMILES string of the molecule is COc1cc(Cl)cc2c1CCC[C@@H]2N. The molecule has 0 spiro atoms. The molecule has 0 fully saturated rings. The number of rotatable bonds is 1. The lowest BCUT2D eigenvalue weighted by Gasteiger charge is -2.24. The van der Waals surface area contributed by atoms with Crippen LogP contribution in [0.25, 0.3) is 0 Å². The summed E-state index contributed by atoms with van der Waals surface area (Å²) in [5, 5.41) is 0.706. The molecule has 0 aromatic heterocycles. The maximum Gasteiger partial charge on any atom is 0.123 e. The Morgan fingerprint density at radius 3 is 3.00 bits per heavy atom. The van der Waals surface area contributed by atoms with E-state index >= 15 is 0 Å². The Labute approximate surface area is 89.0 Å². The molecule has 1 aromatic rings. The topological polar surface area (TPSA) is 35.2 Å². The highest BCUT2D eigenvalue weighted by molar-refractivity contribution is 6.30. The summed E-state index contributed by atoms with van der Waals surface area (Å²) in [7, 11) is 1.67. The summed E-state index contributed by atoms with van der Waals surface area (Å²) < 4.78 is 5.30. The molecule has 0 radical (unpaired) electrons. The van der Waals surface area contributed by atoms with Crippen molar-refractivity contribution in [3.8, 4) is 5.75 Å². The van der Waals surface area contributed by atoms with Crippen LogP contribution in [-0.2, 0) is 6.42 Å². The summed E-state index contributed by atoms with van der Waals surface area (Å²) in [5.41, 5.74) is 8.41. The average molecular weight is 212 g/mol. The molecule has 0 bridgehead atoms. The minimum absolute atomic E-state index is 0.117. The first kappa shape index (κ1) is 9.81. The second-order valence-electron chi connectivity index (χ2n) is 3.67. The minimum atomic E-state index is 0.117. The Hall–Kier alpha value is -0.730. The third kappa shape index (κ3) is 1.60. The van der Waals surface area contributed by atoms with Crippen molar-refractivity contribution in [3.63, 3.8) is 0 Å². The molecule has 2 nitrogen and oxygen atoms in total. The van der Waals surface area contributed by atoms with Crippen LogP contribution in [-0.4, -0.2) is 7.11 Å². The molecule has 0 unspecified atom stereocenters. The summed E-state index contributed by atoms with van der Waals surface area (Å²) in [5.74, 6) is 0.877. The van der Waals surface area contributed by atoms with Gasteiger partial charge in [-0.3, -0.25) is 0 Å². The highest BCUT2D eigenvalue weighted by Crippen LogP contribution is 2.36. The predicted octanol–water partition coefficient (Wildman–Crippen LogP) is 2.68. The fourth-order valence-corrected chi connectivity index (χ4v) is 2.28. The highest BCUT2D eigenvalue weighted by atomic mass is 35.5. The zero-order valence-electron chi connectivity index (χ0n) is 8.22. The van der Waals surface area contributed by atoms with Gasteiger partial charge < -0.3 is 10.5 Å². The van der Waals surface area contributed by atoms with E-state index in [2.05, 4.69) is 0 Å². The van der Waals surface area contributed by atoms with Gasteiger partial charge in [0.25, 0.3) is 0 Å². The van der Waals surface area contributed by atoms with Crippen molar-refractivity contribution < 1.29 is 4.74 Å². The number of nitrogens with two attached hydrogens (primary N) is 1. The number of hydrogen-bond acceptors (Lipinski definition) is 2. The van der Waals surface area contributed by atoms with Crippen LogP contribution in [0.3, 0.4) is 0 Å². The molecule has 0 amide bonds. The first-order chi connectivity index (χ1) is 6.72. The minimum Gasteiger partial charge on any atom is -0.496 e. The Morgan fingerprint density at radius 1 is 1.50 bits per heavy atom.